The zero-order chi connectivity index (χ0) is 18.8. The number of aromatic nitrogens is 2. The van der Waals surface area contributed by atoms with E-state index in [9.17, 15) is 23.1 Å². The van der Waals surface area contributed by atoms with Crippen molar-refractivity contribution in [3.05, 3.63) is 18.2 Å². The molecule has 0 fully saturated rings. The molecule has 0 spiro atoms. The van der Waals surface area contributed by atoms with Crippen molar-refractivity contribution >= 4 is 5.91 Å². The van der Waals surface area contributed by atoms with E-state index in [1.807, 2.05) is 20.8 Å². The molecule has 1 amide bonds. The van der Waals surface area contributed by atoms with Crippen molar-refractivity contribution in [1.29, 1.82) is 0 Å². The van der Waals surface area contributed by atoms with Crippen LogP contribution in [0.5, 0.6) is 0 Å². The van der Waals surface area contributed by atoms with Crippen molar-refractivity contribution < 1.29 is 23.1 Å². The van der Waals surface area contributed by atoms with Crippen LogP contribution in [0.2, 0.25) is 0 Å². The Hall–Kier alpha value is -1.57. The molecular formula is C16H26F3N3O2. The van der Waals surface area contributed by atoms with Gasteiger partial charge in [-0.3, -0.25) is 4.79 Å². The number of hydrogen-bond donors (Lipinski definition) is 2. The quantitative estimate of drug-likeness (QED) is 0.830. The second-order valence-electron chi connectivity index (χ2n) is 7.46. The second kappa shape index (κ2) is 7.13. The Labute approximate surface area is 140 Å². The highest BCUT2D eigenvalue weighted by molar-refractivity contribution is 5.77. The molecule has 0 aliphatic rings. The monoisotopic (exact) mass is 349 g/mol. The maximum Gasteiger partial charge on any atom is 0.425 e. The van der Waals surface area contributed by atoms with Crippen molar-refractivity contribution in [1.82, 2.24) is 14.9 Å². The van der Waals surface area contributed by atoms with E-state index >= 15 is 0 Å². The molecule has 0 saturated heterocycles. The van der Waals surface area contributed by atoms with Crippen LogP contribution in [0.1, 0.15) is 52.8 Å². The highest BCUT2D eigenvalue weighted by Crippen LogP contribution is 2.40. The lowest BCUT2D eigenvalue weighted by atomic mass is 9.89. The maximum atomic E-state index is 13.4. The first kappa shape index (κ1) is 20.5. The Morgan fingerprint density at radius 2 is 1.96 bits per heavy atom. The molecule has 0 aliphatic carbocycles. The van der Waals surface area contributed by atoms with Crippen LogP contribution in [0.4, 0.5) is 13.2 Å². The molecule has 5 nitrogen and oxygen atoms in total. The van der Waals surface area contributed by atoms with Crippen molar-refractivity contribution in [2.75, 3.05) is 0 Å². The summed E-state index contributed by atoms with van der Waals surface area (Å²) in [5.74, 6) is -1.47. The average Bonchev–Trinajstić information content (AvgIpc) is 2.80. The highest BCUT2D eigenvalue weighted by Gasteiger charge is 2.58. The van der Waals surface area contributed by atoms with Gasteiger partial charge in [0, 0.05) is 25.5 Å². The lowest BCUT2D eigenvalue weighted by molar-refractivity contribution is -0.271. The SMILES string of the molecule is CC(CCC(C)(C)C)NC(=O)CC(O)(c1nccn1C)C(F)(F)F. The Balaban J connectivity index is 2.82. The van der Waals surface area contributed by atoms with Gasteiger partial charge in [-0.1, -0.05) is 20.8 Å². The van der Waals surface area contributed by atoms with E-state index in [0.29, 0.717) is 6.42 Å². The van der Waals surface area contributed by atoms with Gasteiger partial charge in [-0.15, -0.1) is 0 Å². The van der Waals surface area contributed by atoms with Crippen LogP contribution in [0.3, 0.4) is 0 Å². The van der Waals surface area contributed by atoms with Gasteiger partial charge in [0.05, 0.1) is 6.42 Å². The molecular weight excluding hydrogens is 323 g/mol. The predicted molar refractivity (Wildman–Crippen MR) is 84.1 cm³/mol. The molecule has 0 radical (unpaired) electrons. The Morgan fingerprint density at radius 3 is 2.38 bits per heavy atom. The van der Waals surface area contributed by atoms with E-state index < -0.39 is 29.9 Å². The molecule has 1 aromatic rings. The third-order valence-corrected chi connectivity index (χ3v) is 3.81. The molecule has 0 bridgehead atoms. The number of aliphatic hydroxyl groups is 1. The zero-order valence-electron chi connectivity index (χ0n) is 14.7. The number of halogens is 3. The van der Waals surface area contributed by atoms with E-state index in [4.69, 9.17) is 0 Å². The lowest BCUT2D eigenvalue weighted by Crippen LogP contribution is -2.48. The highest BCUT2D eigenvalue weighted by atomic mass is 19.4. The van der Waals surface area contributed by atoms with Gasteiger partial charge < -0.3 is 15.0 Å². The van der Waals surface area contributed by atoms with Crippen molar-refractivity contribution in [3.63, 3.8) is 0 Å². The van der Waals surface area contributed by atoms with Gasteiger partial charge in [0.25, 0.3) is 0 Å². The van der Waals surface area contributed by atoms with E-state index in [0.717, 1.165) is 17.2 Å². The molecule has 24 heavy (non-hydrogen) atoms. The van der Waals surface area contributed by atoms with Crippen LogP contribution >= 0.6 is 0 Å². The summed E-state index contributed by atoms with van der Waals surface area (Å²) in [4.78, 5) is 15.6. The number of amides is 1. The predicted octanol–water partition coefficient (Wildman–Crippen LogP) is 2.89. The van der Waals surface area contributed by atoms with Crippen LogP contribution < -0.4 is 5.32 Å². The summed E-state index contributed by atoms with van der Waals surface area (Å²) < 4.78 is 41.2. The topological polar surface area (TPSA) is 67.2 Å². The molecule has 8 heteroatoms. The third-order valence-electron chi connectivity index (χ3n) is 3.81. The maximum absolute atomic E-state index is 13.4. The van der Waals surface area contributed by atoms with Crippen LogP contribution in [0, 0.1) is 5.41 Å². The van der Waals surface area contributed by atoms with Crippen molar-refractivity contribution in [3.8, 4) is 0 Å². The Bertz CT molecular complexity index is 564. The van der Waals surface area contributed by atoms with Crippen LogP contribution in [-0.2, 0) is 17.4 Å². The third kappa shape index (κ3) is 5.22. The number of hydrogen-bond acceptors (Lipinski definition) is 3. The summed E-state index contributed by atoms with van der Waals surface area (Å²) >= 11 is 0. The van der Waals surface area contributed by atoms with E-state index in [-0.39, 0.29) is 11.5 Å². The number of nitrogens with one attached hydrogen (secondary N) is 1. The Kier molecular flexibility index (Phi) is 6.08. The molecule has 2 atom stereocenters. The lowest BCUT2D eigenvalue weighted by Gasteiger charge is -2.30. The van der Waals surface area contributed by atoms with Crippen molar-refractivity contribution in [2.45, 2.75) is 64.8 Å². The van der Waals surface area contributed by atoms with Crippen LogP contribution in [0.25, 0.3) is 0 Å². The fourth-order valence-electron chi connectivity index (χ4n) is 2.35. The van der Waals surface area contributed by atoms with Gasteiger partial charge in [0.2, 0.25) is 11.5 Å². The minimum atomic E-state index is -5.02. The number of nitrogens with zero attached hydrogens (tertiary/aromatic N) is 2. The van der Waals surface area contributed by atoms with E-state index in [1.165, 1.54) is 13.2 Å². The number of carbonyl (C=O) groups is 1. The standard InChI is InChI=1S/C16H26F3N3O2/c1-11(6-7-14(2,3)4)21-12(23)10-15(24,16(17,18)19)13-20-8-9-22(13)5/h8-9,11,24H,6-7,10H2,1-5H3,(H,21,23). The molecule has 2 unspecified atom stereocenters. The van der Waals surface area contributed by atoms with Gasteiger partial charge >= 0.3 is 6.18 Å². The van der Waals surface area contributed by atoms with Crippen molar-refractivity contribution in [2.24, 2.45) is 12.5 Å². The van der Waals surface area contributed by atoms with Gasteiger partial charge in [0.1, 0.15) is 0 Å². The summed E-state index contributed by atoms with van der Waals surface area (Å²) in [6.45, 7) is 7.87. The first-order valence-corrected chi connectivity index (χ1v) is 7.82. The van der Waals surface area contributed by atoms with E-state index in [2.05, 4.69) is 10.3 Å². The molecule has 1 heterocycles. The fraction of sp³-hybridized carbons (Fsp3) is 0.750. The molecule has 2 N–H and O–H groups in total. The largest absolute Gasteiger partial charge is 0.425 e. The molecule has 1 rings (SSSR count). The number of aryl methyl sites for hydroxylation is 1. The zero-order valence-corrected chi connectivity index (χ0v) is 14.7. The minimum absolute atomic E-state index is 0.0681. The molecule has 1 aromatic heterocycles. The average molecular weight is 349 g/mol. The first-order chi connectivity index (χ1) is 10.8. The minimum Gasteiger partial charge on any atom is -0.374 e. The summed E-state index contributed by atoms with van der Waals surface area (Å²) in [5, 5.41) is 12.7. The van der Waals surface area contributed by atoms with Gasteiger partial charge in [-0.2, -0.15) is 13.2 Å². The summed E-state index contributed by atoms with van der Waals surface area (Å²) in [7, 11) is 1.34. The number of rotatable bonds is 6. The summed E-state index contributed by atoms with van der Waals surface area (Å²) in [6.07, 6.45) is -2.25. The van der Waals surface area contributed by atoms with Gasteiger partial charge in [-0.25, -0.2) is 4.98 Å². The van der Waals surface area contributed by atoms with Crippen LogP contribution in [-0.4, -0.2) is 32.8 Å². The molecule has 0 aliphatic heterocycles. The van der Waals surface area contributed by atoms with Crippen LogP contribution in [0.15, 0.2) is 12.4 Å². The smallest absolute Gasteiger partial charge is 0.374 e. The fourth-order valence-corrected chi connectivity index (χ4v) is 2.35. The Morgan fingerprint density at radius 1 is 1.38 bits per heavy atom. The number of carbonyl (C=O) groups excluding carboxylic acids is 1. The number of imidazole rings is 1. The summed E-state index contributed by atoms with van der Waals surface area (Å²) in [6, 6.07) is -0.282. The molecule has 0 aromatic carbocycles. The molecule has 0 saturated carbocycles. The second-order valence-corrected chi connectivity index (χ2v) is 7.46. The van der Waals surface area contributed by atoms with Gasteiger partial charge in [-0.05, 0) is 25.2 Å². The normalized spacial score (nSPS) is 16.5. The molecule has 138 valence electrons. The first-order valence-electron chi connectivity index (χ1n) is 7.82. The summed E-state index contributed by atoms with van der Waals surface area (Å²) in [5.41, 5.74) is -3.25. The van der Waals surface area contributed by atoms with E-state index in [1.54, 1.807) is 6.92 Å². The number of alkyl halides is 3. The van der Waals surface area contributed by atoms with Gasteiger partial charge in [0.15, 0.2) is 5.82 Å².